The normalized spacial score (nSPS) is 11.5. The van der Waals surface area contributed by atoms with Crippen molar-refractivity contribution in [3.63, 3.8) is 0 Å². The summed E-state index contributed by atoms with van der Waals surface area (Å²) < 4.78 is 0. The average Bonchev–Trinajstić information content (AvgIpc) is 2.24. The van der Waals surface area contributed by atoms with E-state index < -0.39 is 0 Å². The maximum absolute atomic E-state index is 4.08. The van der Waals surface area contributed by atoms with Gasteiger partial charge in [0.2, 0.25) is 0 Å². The van der Waals surface area contributed by atoms with Crippen LogP contribution < -0.4 is 10.6 Å². The van der Waals surface area contributed by atoms with Crippen LogP contribution in [0.25, 0.3) is 0 Å². The third-order valence-electron chi connectivity index (χ3n) is 2.48. The molecule has 0 aromatic heterocycles. The number of rotatable bonds is 9. The SMILES string of the molecule is C=C(NCCCC)/C(=C\C)CCCNC. The van der Waals surface area contributed by atoms with Gasteiger partial charge in [0.15, 0.2) is 0 Å². The lowest BCUT2D eigenvalue weighted by atomic mass is 10.1. The van der Waals surface area contributed by atoms with Gasteiger partial charge in [-0.3, -0.25) is 0 Å². The van der Waals surface area contributed by atoms with Crippen LogP contribution in [0.2, 0.25) is 0 Å². The summed E-state index contributed by atoms with van der Waals surface area (Å²) in [5.74, 6) is 0. The molecule has 0 saturated carbocycles. The van der Waals surface area contributed by atoms with Crippen molar-refractivity contribution in [2.24, 2.45) is 0 Å². The molecule has 0 heterocycles. The predicted molar refractivity (Wildman–Crippen MR) is 69.0 cm³/mol. The Kier molecular flexibility index (Phi) is 9.29. The molecular weight excluding hydrogens is 184 g/mol. The van der Waals surface area contributed by atoms with Gasteiger partial charge in [-0.15, -0.1) is 0 Å². The van der Waals surface area contributed by atoms with E-state index in [9.17, 15) is 0 Å². The summed E-state index contributed by atoms with van der Waals surface area (Å²) in [6, 6.07) is 0. The molecule has 0 aromatic rings. The highest BCUT2D eigenvalue weighted by Gasteiger charge is 2.00. The minimum Gasteiger partial charge on any atom is -0.385 e. The first-order valence-electron chi connectivity index (χ1n) is 5.99. The molecule has 0 amide bonds. The molecule has 0 radical (unpaired) electrons. The first kappa shape index (κ1) is 14.2. The Morgan fingerprint density at radius 3 is 2.53 bits per heavy atom. The summed E-state index contributed by atoms with van der Waals surface area (Å²) in [5, 5.41) is 6.54. The van der Waals surface area contributed by atoms with Crippen molar-refractivity contribution in [3.05, 3.63) is 23.9 Å². The molecule has 0 aromatic carbocycles. The monoisotopic (exact) mass is 210 g/mol. The van der Waals surface area contributed by atoms with Crippen LogP contribution in [0.15, 0.2) is 23.9 Å². The van der Waals surface area contributed by atoms with E-state index in [1.807, 2.05) is 7.05 Å². The van der Waals surface area contributed by atoms with Crippen molar-refractivity contribution in [2.75, 3.05) is 20.1 Å². The second-order valence-corrected chi connectivity index (χ2v) is 3.78. The van der Waals surface area contributed by atoms with E-state index in [0.29, 0.717) is 0 Å². The average molecular weight is 210 g/mol. The Labute approximate surface area is 94.8 Å². The molecule has 88 valence electrons. The Morgan fingerprint density at radius 1 is 1.27 bits per heavy atom. The van der Waals surface area contributed by atoms with E-state index in [1.165, 1.54) is 24.8 Å². The van der Waals surface area contributed by atoms with E-state index in [-0.39, 0.29) is 0 Å². The molecule has 0 atom stereocenters. The quantitative estimate of drug-likeness (QED) is 0.452. The van der Waals surface area contributed by atoms with Crippen LogP contribution in [-0.4, -0.2) is 20.1 Å². The molecule has 0 aliphatic heterocycles. The summed E-state index contributed by atoms with van der Waals surface area (Å²) in [6.07, 6.45) is 6.88. The molecule has 0 aliphatic carbocycles. The van der Waals surface area contributed by atoms with Crippen molar-refractivity contribution >= 4 is 0 Å². The molecule has 0 bridgehead atoms. The topological polar surface area (TPSA) is 24.1 Å². The van der Waals surface area contributed by atoms with E-state index in [4.69, 9.17) is 0 Å². The lowest BCUT2D eigenvalue weighted by molar-refractivity contribution is 0.688. The van der Waals surface area contributed by atoms with Crippen LogP contribution in [0.4, 0.5) is 0 Å². The standard InChI is InChI=1S/C13H26N2/c1-5-7-11-15-12(3)13(6-2)9-8-10-14-4/h6,14-15H,3,5,7-11H2,1-2,4H3/b13-6-. The molecule has 15 heavy (non-hydrogen) atoms. The highest BCUT2D eigenvalue weighted by molar-refractivity contribution is 5.25. The fourth-order valence-electron chi connectivity index (χ4n) is 1.45. The van der Waals surface area contributed by atoms with Gasteiger partial charge < -0.3 is 10.6 Å². The first-order chi connectivity index (χ1) is 7.26. The highest BCUT2D eigenvalue weighted by atomic mass is 14.9. The fourth-order valence-corrected chi connectivity index (χ4v) is 1.45. The van der Waals surface area contributed by atoms with Crippen molar-refractivity contribution < 1.29 is 0 Å². The molecule has 2 N–H and O–H groups in total. The molecule has 0 unspecified atom stereocenters. The minimum absolute atomic E-state index is 1.04. The van der Waals surface area contributed by atoms with Crippen LogP contribution >= 0.6 is 0 Å². The lowest BCUT2D eigenvalue weighted by Crippen LogP contribution is -2.16. The second-order valence-electron chi connectivity index (χ2n) is 3.78. The first-order valence-corrected chi connectivity index (χ1v) is 5.99. The van der Waals surface area contributed by atoms with Crippen LogP contribution in [-0.2, 0) is 0 Å². The molecule has 0 saturated heterocycles. The second kappa shape index (κ2) is 9.78. The van der Waals surface area contributed by atoms with Crippen molar-refractivity contribution in [1.29, 1.82) is 0 Å². The lowest BCUT2D eigenvalue weighted by Gasteiger charge is -2.12. The van der Waals surface area contributed by atoms with Crippen molar-refractivity contribution in [3.8, 4) is 0 Å². The molecule has 2 heteroatoms. The molecule has 0 fully saturated rings. The maximum atomic E-state index is 4.08. The van der Waals surface area contributed by atoms with Gasteiger partial charge in [0, 0.05) is 12.2 Å². The third-order valence-corrected chi connectivity index (χ3v) is 2.48. The van der Waals surface area contributed by atoms with E-state index >= 15 is 0 Å². The maximum Gasteiger partial charge on any atom is 0.0296 e. The van der Waals surface area contributed by atoms with Crippen molar-refractivity contribution in [1.82, 2.24) is 10.6 Å². The third kappa shape index (κ3) is 7.20. The van der Waals surface area contributed by atoms with Gasteiger partial charge in [-0.1, -0.05) is 26.0 Å². The smallest absolute Gasteiger partial charge is 0.0296 e. The molecule has 0 spiro atoms. The van der Waals surface area contributed by atoms with E-state index in [1.54, 1.807) is 0 Å². The molecular formula is C13H26N2. The summed E-state index contributed by atoms with van der Waals surface area (Å²) in [7, 11) is 1.99. The van der Waals surface area contributed by atoms with Crippen LogP contribution in [0.3, 0.4) is 0 Å². The summed E-state index contributed by atoms with van der Waals surface area (Å²) in [5.41, 5.74) is 2.45. The van der Waals surface area contributed by atoms with Gasteiger partial charge in [-0.25, -0.2) is 0 Å². The predicted octanol–water partition coefficient (Wildman–Crippen LogP) is 2.84. The van der Waals surface area contributed by atoms with Gasteiger partial charge in [0.05, 0.1) is 0 Å². The van der Waals surface area contributed by atoms with E-state index in [0.717, 1.165) is 25.2 Å². The molecule has 2 nitrogen and oxygen atoms in total. The molecule has 0 rings (SSSR count). The van der Waals surface area contributed by atoms with Gasteiger partial charge in [-0.05, 0) is 45.4 Å². The summed E-state index contributed by atoms with van der Waals surface area (Å²) >= 11 is 0. The van der Waals surface area contributed by atoms with Crippen LogP contribution in [0.5, 0.6) is 0 Å². The Morgan fingerprint density at radius 2 is 2.00 bits per heavy atom. The number of unbranched alkanes of at least 4 members (excludes halogenated alkanes) is 1. The number of nitrogens with one attached hydrogen (secondary N) is 2. The zero-order chi connectivity index (χ0) is 11.5. The zero-order valence-corrected chi connectivity index (χ0v) is 10.5. The Balaban J connectivity index is 3.79. The van der Waals surface area contributed by atoms with Gasteiger partial charge in [0.25, 0.3) is 0 Å². The van der Waals surface area contributed by atoms with E-state index in [2.05, 4.69) is 37.1 Å². The number of allylic oxidation sites excluding steroid dienone is 2. The van der Waals surface area contributed by atoms with Gasteiger partial charge in [0.1, 0.15) is 0 Å². The van der Waals surface area contributed by atoms with Gasteiger partial charge in [-0.2, -0.15) is 0 Å². The largest absolute Gasteiger partial charge is 0.385 e. The van der Waals surface area contributed by atoms with Crippen LogP contribution in [0.1, 0.15) is 39.5 Å². The summed E-state index contributed by atoms with van der Waals surface area (Å²) in [4.78, 5) is 0. The van der Waals surface area contributed by atoms with Gasteiger partial charge >= 0.3 is 0 Å². The zero-order valence-electron chi connectivity index (χ0n) is 10.5. The Hall–Kier alpha value is -0.760. The fraction of sp³-hybridized carbons (Fsp3) is 0.692. The summed E-state index contributed by atoms with van der Waals surface area (Å²) in [6.45, 7) is 10.5. The van der Waals surface area contributed by atoms with Crippen LogP contribution in [0, 0.1) is 0 Å². The number of hydrogen-bond acceptors (Lipinski definition) is 2. The minimum atomic E-state index is 1.04. The Bertz CT molecular complexity index is 195. The number of hydrogen-bond donors (Lipinski definition) is 2. The molecule has 0 aliphatic rings. The van der Waals surface area contributed by atoms with Crippen molar-refractivity contribution in [2.45, 2.75) is 39.5 Å². The highest BCUT2D eigenvalue weighted by Crippen LogP contribution is 2.11.